The molecule has 3 rings (SSSR count). The molecule has 108 valence electrons. The van der Waals surface area contributed by atoms with Gasteiger partial charge < -0.3 is 9.84 Å². The van der Waals surface area contributed by atoms with Gasteiger partial charge in [0.2, 0.25) is 0 Å². The molecular formula is C18H18O3. The van der Waals surface area contributed by atoms with Gasteiger partial charge in [-0.3, -0.25) is 4.79 Å². The van der Waals surface area contributed by atoms with Crippen LogP contribution in [0.2, 0.25) is 0 Å². The van der Waals surface area contributed by atoms with Crippen molar-refractivity contribution in [2.24, 2.45) is 0 Å². The number of carboxylic acids is 1. The summed E-state index contributed by atoms with van der Waals surface area (Å²) in [5.41, 5.74) is 2.42. The lowest BCUT2D eigenvalue weighted by Crippen LogP contribution is -2.19. The molecule has 1 aliphatic carbocycles. The van der Waals surface area contributed by atoms with E-state index in [2.05, 4.69) is 0 Å². The molecule has 0 saturated heterocycles. The number of carbonyl (C=O) groups is 1. The summed E-state index contributed by atoms with van der Waals surface area (Å²) in [6, 6.07) is 15.8. The minimum absolute atomic E-state index is 0.633. The maximum Gasteiger partial charge on any atom is 0.314 e. The Labute approximate surface area is 124 Å². The van der Waals surface area contributed by atoms with Gasteiger partial charge in [-0.05, 0) is 48.6 Å². The van der Waals surface area contributed by atoms with Crippen molar-refractivity contribution in [2.45, 2.75) is 25.2 Å². The number of hydrogen-bond donors (Lipinski definition) is 1. The van der Waals surface area contributed by atoms with Crippen molar-refractivity contribution < 1.29 is 14.6 Å². The van der Waals surface area contributed by atoms with E-state index in [4.69, 9.17) is 4.74 Å². The second kappa shape index (κ2) is 5.24. The van der Waals surface area contributed by atoms with E-state index in [0.29, 0.717) is 6.61 Å². The Morgan fingerprint density at radius 1 is 1.14 bits per heavy atom. The predicted molar refractivity (Wildman–Crippen MR) is 81.6 cm³/mol. The van der Waals surface area contributed by atoms with Crippen molar-refractivity contribution >= 4 is 5.97 Å². The Kier molecular flexibility index (Phi) is 3.42. The van der Waals surface area contributed by atoms with Crippen molar-refractivity contribution in [3.8, 4) is 16.9 Å². The zero-order valence-electron chi connectivity index (χ0n) is 12.0. The average Bonchev–Trinajstić information content (AvgIpc) is 3.30. The van der Waals surface area contributed by atoms with Crippen LogP contribution in [0.15, 0.2) is 48.5 Å². The van der Waals surface area contributed by atoms with Crippen LogP contribution in [0.1, 0.15) is 25.3 Å². The van der Waals surface area contributed by atoms with Crippen molar-refractivity contribution in [1.29, 1.82) is 0 Å². The number of carboxylic acid groups (broad SMARTS) is 1. The van der Waals surface area contributed by atoms with Crippen LogP contribution in [0, 0.1) is 0 Å². The maximum atomic E-state index is 11.3. The Bertz CT molecular complexity index is 654. The van der Waals surface area contributed by atoms with Crippen molar-refractivity contribution in [3.05, 3.63) is 54.1 Å². The molecular weight excluding hydrogens is 264 g/mol. The van der Waals surface area contributed by atoms with Crippen LogP contribution in [0.4, 0.5) is 0 Å². The van der Waals surface area contributed by atoms with Gasteiger partial charge in [0.15, 0.2) is 0 Å². The largest absolute Gasteiger partial charge is 0.494 e. The summed E-state index contributed by atoms with van der Waals surface area (Å²) in [5, 5.41) is 9.32. The van der Waals surface area contributed by atoms with Crippen LogP contribution in [0.3, 0.4) is 0 Å². The average molecular weight is 282 g/mol. The third-order valence-electron chi connectivity index (χ3n) is 4.08. The van der Waals surface area contributed by atoms with Gasteiger partial charge in [0, 0.05) is 0 Å². The van der Waals surface area contributed by atoms with Crippen LogP contribution in [-0.4, -0.2) is 17.7 Å². The lowest BCUT2D eigenvalue weighted by Gasteiger charge is -2.11. The summed E-state index contributed by atoms with van der Waals surface area (Å²) < 4.78 is 5.51. The SMILES string of the molecule is CCOc1cccc(-c2ccc(C3(C(=O)O)CC3)cc2)c1. The summed E-state index contributed by atoms with van der Waals surface area (Å²) in [6.07, 6.45) is 1.48. The van der Waals surface area contributed by atoms with Crippen molar-refractivity contribution in [3.63, 3.8) is 0 Å². The van der Waals surface area contributed by atoms with E-state index in [0.717, 1.165) is 35.3 Å². The molecule has 1 fully saturated rings. The Hall–Kier alpha value is -2.29. The number of aliphatic carboxylic acids is 1. The quantitative estimate of drug-likeness (QED) is 0.905. The smallest absolute Gasteiger partial charge is 0.314 e. The Morgan fingerprint density at radius 3 is 2.43 bits per heavy atom. The standard InChI is InChI=1S/C18H18O3/c1-2-21-16-5-3-4-14(12-16)13-6-8-15(9-7-13)18(10-11-18)17(19)20/h3-9,12H,2,10-11H2,1H3,(H,19,20). The molecule has 0 heterocycles. The Morgan fingerprint density at radius 2 is 1.86 bits per heavy atom. The molecule has 3 heteroatoms. The highest BCUT2D eigenvalue weighted by molar-refractivity contribution is 5.85. The van der Waals surface area contributed by atoms with Crippen LogP contribution >= 0.6 is 0 Å². The Balaban J connectivity index is 1.88. The molecule has 0 amide bonds. The van der Waals surface area contributed by atoms with Crippen LogP contribution in [0.25, 0.3) is 11.1 Å². The van der Waals surface area contributed by atoms with Crippen LogP contribution < -0.4 is 4.74 Å². The first-order valence-corrected chi connectivity index (χ1v) is 7.23. The summed E-state index contributed by atoms with van der Waals surface area (Å²) in [4.78, 5) is 11.3. The number of hydrogen-bond acceptors (Lipinski definition) is 2. The second-order valence-corrected chi connectivity index (χ2v) is 5.43. The van der Waals surface area contributed by atoms with E-state index < -0.39 is 11.4 Å². The van der Waals surface area contributed by atoms with E-state index >= 15 is 0 Å². The second-order valence-electron chi connectivity index (χ2n) is 5.43. The molecule has 1 saturated carbocycles. The lowest BCUT2D eigenvalue weighted by molar-refractivity contribution is -0.140. The third kappa shape index (κ3) is 2.51. The summed E-state index contributed by atoms with van der Waals surface area (Å²) >= 11 is 0. The molecule has 0 aliphatic heterocycles. The highest BCUT2D eigenvalue weighted by atomic mass is 16.5. The topological polar surface area (TPSA) is 46.5 Å². The molecule has 21 heavy (non-hydrogen) atoms. The minimum Gasteiger partial charge on any atom is -0.494 e. The fraction of sp³-hybridized carbons (Fsp3) is 0.278. The summed E-state index contributed by atoms with van der Waals surface area (Å²) in [6.45, 7) is 2.60. The first-order valence-electron chi connectivity index (χ1n) is 7.23. The van der Waals surface area contributed by atoms with E-state index in [1.165, 1.54) is 0 Å². The molecule has 1 aliphatic rings. The third-order valence-corrected chi connectivity index (χ3v) is 4.08. The van der Waals surface area contributed by atoms with E-state index in [1.807, 2.05) is 55.5 Å². The van der Waals surface area contributed by atoms with Crippen LogP contribution in [-0.2, 0) is 10.2 Å². The molecule has 0 atom stereocenters. The number of rotatable bonds is 5. The summed E-state index contributed by atoms with van der Waals surface area (Å²) in [7, 11) is 0. The molecule has 0 unspecified atom stereocenters. The van der Waals surface area contributed by atoms with Gasteiger partial charge in [-0.2, -0.15) is 0 Å². The monoisotopic (exact) mass is 282 g/mol. The molecule has 0 spiro atoms. The molecule has 0 bridgehead atoms. The molecule has 0 radical (unpaired) electrons. The van der Waals surface area contributed by atoms with Gasteiger partial charge in [0.05, 0.1) is 12.0 Å². The van der Waals surface area contributed by atoms with Gasteiger partial charge in [-0.25, -0.2) is 0 Å². The zero-order valence-corrected chi connectivity index (χ0v) is 12.0. The summed E-state index contributed by atoms with van der Waals surface area (Å²) in [5.74, 6) is 0.136. The minimum atomic E-state index is -0.714. The van der Waals surface area contributed by atoms with Gasteiger partial charge in [0.25, 0.3) is 0 Å². The fourth-order valence-corrected chi connectivity index (χ4v) is 2.66. The lowest BCUT2D eigenvalue weighted by atomic mass is 9.94. The fourth-order valence-electron chi connectivity index (χ4n) is 2.66. The zero-order chi connectivity index (χ0) is 14.9. The molecule has 2 aromatic carbocycles. The van der Waals surface area contributed by atoms with E-state index in [-0.39, 0.29) is 0 Å². The van der Waals surface area contributed by atoms with Crippen molar-refractivity contribution in [1.82, 2.24) is 0 Å². The molecule has 2 aromatic rings. The van der Waals surface area contributed by atoms with Crippen LogP contribution in [0.5, 0.6) is 5.75 Å². The first kappa shape index (κ1) is 13.7. The van der Waals surface area contributed by atoms with Crippen molar-refractivity contribution in [2.75, 3.05) is 6.61 Å². The molecule has 3 nitrogen and oxygen atoms in total. The number of benzene rings is 2. The normalized spacial score (nSPS) is 15.5. The highest BCUT2D eigenvalue weighted by Gasteiger charge is 2.51. The van der Waals surface area contributed by atoms with Gasteiger partial charge in [-0.1, -0.05) is 36.4 Å². The van der Waals surface area contributed by atoms with E-state index in [1.54, 1.807) is 0 Å². The van der Waals surface area contributed by atoms with Gasteiger partial charge in [0.1, 0.15) is 5.75 Å². The maximum absolute atomic E-state index is 11.3. The van der Waals surface area contributed by atoms with Gasteiger partial charge >= 0.3 is 5.97 Å². The first-order chi connectivity index (χ1) is 10.2. The van der Waals surface area contributed by atoms with Gasteiger partial charge in [-0.15, -0.1) is 0 Å². The predicted octanol–water partition coefficient (Wildman–Crippen LogP) is 3.87. The highest BCUT2D eigenvalue weighted by Crippen LogP contribution is 2.48. The van der Waals surface area contributed by atoms with E-state index in [9.17, 15) is 9.90 Å². The molecule has 1 N–H and O–H groups in total. The molecule has 0 aromatic heterocycles. The number of ether oxygens (including phenoxy) is 1.